The van der Waals surface area contributed by atoms with Gasteiger partial charge >= 0.3 is 0 Å². The molecule has 0 N–H and O–H groups in total. The van der Waals surface area contributed by atoms with Gasteiger partial charge in [0.2, 0.25) is 0 Å². The number of nitrogens with zero attached hydrogens (tertiary/aromatic N) is 2. The number of hydrogen-bond donors (Lipinski definition) is 0. The van der Waals surface area contributed by atoms with Crippen LogP contribution in [0.5, 0.6) is 11.5 Å². The fourth-order valence-electron chi connectivity index (χ4n) is 3.56. The van der Waals surface area contributed by atoms with E-state index in [1.165, 1.54) is 16.9 Å². The van der Waals surface area contributed by atoms with E-state index in [1.807, 2.05) is 36.4 Å². The number of aryl methyl sites for hydroxylation is 1. The van der Waals surface area contributed by atoms with Gasteiger partial charge in [0.15, 0.2) is 16.6 Å². The summed E-state index contributed by atoms with van der Waals surface area (Å²) < 4.78 is 11.8. The molecule has 0 aliphatic rings. The second-order valence-corrected chi connectivity index (χ2v) is 8.45. The Morgan fingerprint density at radius 2 is 1.72 bits per heavy atom. The molecule has 3 aromatic carbocycles. The maximum Gasteiger partial charge on any atom is 0.264 e. The SMILES string of the molecule is CCCCc1ccc(N(C(=O)c2ccc(OC)c(OC)c2)c2nc3ccccc3s2)cc1. The molecular formula is C26H26N2O3S. The number of rotatable bonds is 8. The molecule has 0 unspecified atom stereocenters. The number of aromatic nitrogens is 1. The lowest BCUT2D eigenvalue weighted by molar-refractivity contribution is 0.0999. The lowest BCUT2D eigenvalue weighted by Crippen LogP contribution is -2.26. The van der Waals surface area contributed by atoms with Crippen molar-refractivity contribution in [3.63, 3.8) is 0 Å². The molecule has 0 saturated heterocycles. The standard InChI is InChI=1S/C26H26N2O3S/c1-4-5-8-18-11-14-20(15-12-18)28(26-27-21-9-6-7-10-24(21)32-26)25(29)19-13-16-22(30-2)23(17-19)31-3/h6-7,9-17H,4-5,8H2,1-3H3. The first kappa shape index (κ1) is 21.8. The lowest BCUT2D eigenvalue weighted by atomic mass is 10.1. The van der Waals surface area contributed by atoms with Crippen LogP contribution in [0.25, 0.3) is 10.2 Å². The number of anilines is 2. The van der Waals surface area contributed by atoms with Crippen molar-refractivity contribution in [2.45, 2.75) is 26.2 Å². The number of hydrogen-bond acceptors (Lipinski definition) is 5. The third kappa shape index (κ3) is 4.46. The minimum Gasteiger partial charge on any atom is -0.493 e. The molecule has 5 nitrogen and oxygen atoms in total. The number of amides is 1. The zero-order valence-electron chi connectivity index (χ0n) is 18.5. The third-order valence-corrected chi connectivity index (χ3v) is 6.34. The summed E-state index contributed by atoms with van der Waals surface area (Å²) in [4.78, 5) is 20.2. The topological polar surface area (TPSA) is 51.7 Å². The molecule has 1 aromatic heterocycles. The molecule has 0 aliphatic heterocycles. The van der Waals surface area contributed by atoms with Gasteiger partial charge in [-0.2, -0.15) is 0 Å². The van der Waals surface area contributed by atoms with Crippen molar-refractivity contribution in [2.24, 2.45) is 0 Å². The average Bonchev–Trinajstić information content (AvgIpc) is 3.26. The Balaban J connectivity index is 1.77. The molecule has 4 aromatic rings. The second-order valence-electron chi connectivity index (χ2n) is 7.44. The van der Waals surface area contributed by atoms with Crippen LogP contribution in [0.1, 0.15) is 35.7 Å². The van der Waals surface area contributed by atoms with Gasteiger partial charge in [0.05, 0.1) is 30.1 Å². The van der Waals surface area contributed by atoms with E-state index >= 15 is 0 Å². The van der Waals surface area contributed by atoms with Crippen LogP contribution in [-0.2, 0) is 6.42 Å². The molecule has 1 heterocycles. The van der Waals surface area contributed by atoms with Crippen molar-refractivity contribution in [1.29, 1.82) is 0 Å². The van der Waals surface area contributed by atoms with Gasteiger partial charge in [-0.25, -0.2) is 4.98 Å². The van der Waals surface area contributed by atoms with Crippen molar-refractivity contribution < 1.29 is 14.3 Å². The van der Waals surface area contributed by atoms with Gasteiger partial charge in [-0.05, 0) is 60.9 Å². The molecule has 4 rings (SSSR count). The Labute approximate surface area is 192 Å². The zero-order valence-corrected chi connectivity index (χ0v) is 19.3. The summed E-state index contributed by atoms with van der Waals surface area (Å²) in [6.07, 6.45) is 3.32. The fourth-order valence-corrected chi connectivity index (χ4v) is 4.55. The van der Waals surface area contributed by atoms with Gasteiger partial charge in [-0.1, -0.05) is 48.9 Å². The van der Waals surface area contributed by atoms with Crippen LogP contribution in [0.15, 0.2) is 66.7 Å². The van der Waals surface area contributed by atoms with Crippen molar-refractivity contribution in [3.05, 3.63) is 77.9 Å². The first-order valence-corrected chi connectivity index (χ1v) is 11.5. The fraction of sp³-hybridized carbons (Fsp3) is 0.231. The second kappa shape index (κ2) is 9.83. The number of benzene rings is 3. The van der Waals surface area contributed by atoms with Gasteiger partial charge in [-0.3, -0.25) is 9.69 Å². The largest absolute Gasteiger partial charge is 0.493 e. The van der Waals surface area contributed by atoms with Crippen LogP contribution in [0.2, 0.25) is 0 Å². The summed E-state index contributed by atoms with van der Waals surface area (Å²) in [5, 5.41) is 0.632. The number of carbonyl (C=O) groups is 1. The molecule has 164 valence electrons. The van der Waals surface area contributed by atoms with Gasteiger partial charge in [-0.15, -0.1) is 0 Å². The van der Waals surface area contributed by atoms with Crippen molar-refractivity contribution >= 4 is 38.3 Å². The van der Waals surface area contributed by atoms with Crippen molar-refractivity contribution in [3.8, 4) is 11.5 Å². The summed E-state index contributed by atoms with van der Waals surface area (Å²) in [5.74, 6) is 0.916. The summed E-state index contributed by atoms with van der Waals surface area (Å²) in [7, 11) is 3.14. The smallest absolute Gasteiger partial charge is 0.264 e. The zero-order chi connectivity index (χ0) is 22.5. The first-order chi connectivity index (χ1) is 15.6. The number of thiazole rings is 1. The first-order valence-electron chi connectivity index (χ1n) is 10.7. The third-order valence-electron chi connectivity index (χ3n) is 5.32. The van der Waals surface area contributed by atoms with E-state index in [9.17, 15) is 4.79 Å². The van der Waals surface area contributed by atoms with Gasteiger partial charge in [0.25, 0.3) is 5.91 Å². The predicted octanol–water partition coefficient (Wildman–Crippen LogP) is 6.63. The molecule has 1 amide bonds. The van der Waals surface area contributed by atoms with Crippen LogP contribution in [-0.4, -0.2) is 25.1 Å². The molecule has 0 saturated carbocycles. The molecule has 0 aliphatic carbocycles. The number of methoxy groups -OCH3 is 2. The number of unbranched alkanes of at least 4 members (excludes halogenated alkanes) is 1. The Morgan fingerprint density at radius 3 is 2.41 bits per heavy atom. The molecule has 6 heteroatoms. The Bertz CT molecular complexity index is 1180. The highest BCUT2D eigenvalue weighted by Gasteiger charge is 2.24. The van der Waals surface area contributed by atoms with E-state index in [1.54, 1.807) is 37.3 Å². The Hall–Kier alpha value is -3.38. The average molecular weight is 447 g/mol. The highest BCUT2D eigenvalue weighted by molar-refractivity contribution is 7.22. The summed E-state index contributed by atoms with van der Waals surface area (Å²) >= 11 is 1.50. The summed E-state index contributed by atoms with van der Waals surface area (Å²) in [6, 6.07) is 21.3. The van der Waals surface area contributed by atoms with Crippen LogP contribution in [0.4, 0.5) is 10.8 Å². The van der Waals surface area contributed by atoms with E-state index in [-0.39, 0.29) is 5.91 Å². The van der Waals surface area contributed by atoms with Crippen LogP contribution < -0.4 is 14.4 Å². The maximum atomic E-state index is 13.7. The van der Waals surface area contributed by atoms with Crippen molar-refractivity contribution in [1.82, 2.24) is 4.98 Å². The van der Waals surface area contributed by atoms with E-state index in [4.69, 9.17) is 14.5 Å². The lowest BCUT2D eigenvalue weighted by Gasteiger charge is -2.21. The van der Waals surface area contributed by atoms with E-state index in [0.29, 0.717) is 22.2 Å². The Morgan fingerprint density at radius 1 is 0.969 bits per heavy atom. The molecular weight excluding hydrogens is 420 g/mol. The number of ether oxygens (including phenoxy) is 2. The quantitative estimate of drug-likeness (QED) is 0.305. The van der Waals surface area contributed by atoms with Crippen LogP contribution >= 0.6 is 11.3 Å². The molecule has 0 spiro atoms. The van der Waals surface area contributed by atoms with E-state index in [2.05, 4.69) is 19.1 Å². The number of fused-ring (bicyclic) bond motifs is 1. The minimum atomic E-state index is -0.175. The Kier molecular flexibility index (Phi) is 6.71. The summed E-state index contributed by atoms with van der Waals surface area (Å²) in [5.41, 5.74) is 3.41. The number of para-hydroxylation sites is 1. The number of carbonyl (C=O) groups excluding carboxylic acids is 1. The van der Waals surface area contributed by atoms with E-state index in [0.717, 1.165) is 35.2 Å². The van der Waals surface area contributed by atoms with Gasteiger partial charge in [0, 0.05) is 5.56 Å². The van der Waals surface area contributed by atoms with Crippen LogP contribution in [0, 0.1) is 0 Å². The minimum absolute atomic E-state index is 0.175. The van der Waals surface area contributed by atoms with Gasteiger partial charge in [0.1, 0.15) is 0 Å². The molecule has 0 bridgehead atoms. The maximum absolute atomic E-state index is 13.7. The summed E-state index contributed by atoms with van der Waals surface area (Å²) in [6.45, 7) is 2.19. The molecule has 0 radical (unpaired) electrons. The normalized spacial score (nSPS) is 10.8. The van der Waals surface area contributed by atoms with E-state index < -0.39 is 0 Å². The van der Waals surface area contributed by atoms with Crippen LogP contribution in [0.3, 0.4) is 0 Å². The van der Waals surface area contributed by atoms with Gasteiger partial charge < -0.3 is 9.47 Å². The highest BCUT2D eigenvalue weighted by Crippen LogP contribution is 2.36. The molecule has 0 fully saturated rings. The van der Waals surface area contributed by atoms with Crippen molar-refractivity contribution in [2.75, 3.05) is 19.1 Å². The molecule has 32 heavy (non-hydrogen) atoms. The predicted molar refractivity (Wildman–Crippen MR) is 131 cm³/mol. The monoisotopic (exact) mass is 446 g/mol. The highest BCUT2D eigenvalue weighted by atomic mass is 32.1. The molecule has 0 atom stereocenters.